The summed E-state index contributed by atoms with van der Waals surface area (Å²) in [5.74, 6) is 1.22. The second-order valence-corrected chi connectivity index (χ2v) is 6.10. The molecule has 2 heterocycles. The lowest BCUT2D eigenvalue weighted by Gasteiger charge is -2.49. The van der Waals surface area contributed by atoms with Crippen LogP contribution in [0.15, 0.2) is 41.2 Å². The number of nitrogens with one attached hydrogen (secondary N) is 1. The molecule has 0 bridgehead atoms. The Morgan fingerprint density at radius 1 is 1.33 bits per heavy atom. The molecule has 1 amide bonds. The van der Waals surface area contributed by atoms with E-state index in [1.165, 1.54) is 0 Å². The average Bonchev–Trinajstić information content (AvgIpc) is 3.11. The van der Waals surface area contributed by atoms with E-state index in [4.69, 9.17) is 13.9 Å². The van der Waals surface area contributed by atoms with Crippen molar-refractivity contribution in [2.24, 2.45) is 0 Å². The number of nitrogens with zero attached hydrogens (tertiary/aromatic N) is 1. The number of hydrogen-bond donors (Lipinski definition) is 1. The van der Waals surface area contributed by atoms with E-state index in [-0.39, 0.29) is 5.91 Å². The maximum absolute atomic E-state index is 12.9. The molecule has 0 saturated carbocycles. The van der Waals surface area contributed by atoms with Crippen LogP contribution in [0.3, 0.4) is 0 Å². The molecule has 24 heavy (non-hydrogen) atoms. The predicted octanol–water partition coefficient (Wildman–Crippen LogP) is 2.90. The summed E-state index contributed by atoms with van der Waals surface area (Å²) in [7, 11) is 3.17. The van der Waals surface area contributed by atoms with Crippen LogP contribution in [0.1, 0.15) is 18.9 Å². The fourth-order valence-corrected chi connectivity index (χ4v) is 2.89. The van der Waals surface area contributed by atoms with Gasteiger partial charge in [0.25, 0.3) is 0 Å². The van der Waals surface area contributed by atoms with Crippen molar-refractivity contribution in [2.75, 3.05) is 26.1 Å². The SMILES string of the molecule is COc1ccc(OC)c(NC(=O)C2(C)CCN2Cc2ccoc2)c1. The van der Waals surface area contributed by atoms with Gasteiger partial charge >= 0.3 is 0 Å². The molecule has 128 valence electrons. The zero-order chi connectivity index (χ0) is 17.2. The minimum Gasteiger partial charge on any atom is -0.497 e. The number of furan rings is 1. The third-order valence-electron chi connectivity index (χ3n) is 4.66. The molecule has 1 aliphatic rings. The normalized spacial score (nSPS) is 20.3. The van der Waals surface area contributed by atoms with Crippen molar-refractivity contribution < 1.29 is 18.7 Å². The highest BCUT2D eigenvalue weighted by molar-refractivity contribution is 5.99. The number of benzene rings is 1. The van der Waals surface area contributed by atoms with Crippen molar-refractivity contribution in [3.63, 3.8) is 0 Å². The smallest absolute Gasteiger partial charge is 0.244 e. The lowest BCUT2D eigenvalue weighted by atomic mass is 9.85. The van der Waals surface area contributed by atoms with Crippen molar-refractivity contribution in [3.8, 4) is 11.5 Å². The van der Waals surface area contributed by atoms with Crippen molar-refractivity contribution in [2.45, 2.75) is 25.4 Å². The molecule has 1 aliphatic heterocycles. The third-order valence-corrected chi connectivity index (χ3v) is 4.66. The maximum atomic E-state index is 12.9. The van der Waals surface area contributed by atoms with E-state index in [1.807, 2.05) is 13.0 Å². The Hall–Kier alpha value is -2.47. The van der Waals surface area contributed by atoms with Gasteiger partial charge in [0.05, 0.1) is 38.0 Å². The fourth-order valence-electron chi connectivity index (χ4n) is 2.89. The summed E-state index contributed by atoms with van der Waals surface area (Å²) >= 11 is 0. The maximum Gasteiger partial charge on any atom is 0.244 e. The van der Waals surface area contributed by atoms with Crippen LogP contribution < -0.4 is 14.8 Å². The van der Waals surface area contributed by atoms with Gasteiger partial charge in [-0.3, -0.25) is 9.69 Å². The van der Waals surface area contributed by atoms with E-state index < -0.39 is 5.54 Å². The largest absolute Gasteiger partial charge is 0.497 e. The number of methoxy groups -OCH3 is 2. The first-order valence-electron chi connectivity index (χ1n) is 7.86. The first-order valence-corrected chi connectivity index (χ1v) is 7.86. The molecule has 2 aromatic rings. The molecule has 1 unspecified atom stereocenters. The van der Waals surface area contributed by atoms with E-state index in [0.29, 0.717) is 23.7 Å². The number of carbonyl (C=O) groups is 1. The van der Waals surface area contributed by atoms with Gasteiger partial charge in [-0.2, -0.15) is 0 Å². The van der Waals surface area contributed by atoms with E-state index in [2.05, 4.69) is 10.2 Å². The number of anilines is 1. The zero-order valence-electron chi connectivity index (χ0n) is 14.2. The van der Waals surface area contributed by atoms with Crippen LogP contribution in [0.5, 0.6) is 11.5 Å². The van der Waals surface area contributed by atoms with E-state index in [1.54, 1.807) is 44.9 Å². The Morgan fingerprint density at radius 3 is 2.75 bits per heavy atom. The highest BCUT2D eigenvalue weighted by Gasteiger charge is 2.46. The zero-order valence-corrected chi connectivity index (χ0v) is 14.2. The summed E-state index contributed by atoms with van der Waals surface area (Å²) in [6.07, 6.45) is 4.17. The summed E-state index contributed by atoms with van der Waals surface area (Å²) in [5.41, 5.74) is 1.12. The van der Waals surface area contributed by atoms with Crippen LogP contribution in [0.4, 0.5) is 5.69 Å². The van der Waals surface area contributed by atoms with Crippen LogP contribution in [0.25, 0.3) is 0 Å². The molecule has 1 atom stereocenters. The molecule has 1 aromatic carbocycles. The lowest BCUT2D eigenvalue weighted by Crippen LogP contribution is -2.63. The minimum absolute atomic E-state index is 0.0520. The number of rotatable bonds is 6. The predicted molar refractivity (Wildman–Crippen MR) is 90.3 cm³/mol. The first kappa shape index (κ1) is 16.4. The van der Waals surface area contributed by atoms with Gasteiger partial charge in [-0.1, -0.05) is 0 Å². The van der Waals surface area contributed by atoms with Crippen molar-refractivity contribution in [3.05, 3.63) is 42.4 Å². The molecule has 0 aliphatic carbocycles. The highest BCUT2D eigenvalue weighted by atomic mass is 16.5. The average molecular weight is 330 g/mol. The topological polar surface area (TPSA) is 63.9 Å². The Balaban J connectivity index is 1.74. The first-order chi connectivity index (χ1) is 11.6. The number of carbonyl (C=O) groups excluding carboxylic acids is 1. The quantitative estimate of drug-likeness (QED) is 0.882. The molecule has 1 fully saturated rings. The molecule has 3 rings (SSSR count). The number of amides is 1. The van der Waals surface area contributed by atoms with Crippen LogP contribution in [0.2, 0.25) is 0 Å². The fraction of sp³-hybridized carbons (Fsp3) is 0.389. The van der Waals surface area contributed by atoms with Gasteiger partial charge in [-0.15, -0.1) is 0 Å². The number of hydrogen-bond acceptors (Lipinski definition) is 5. The Bertz CT molecular complexity index is 714. The summed E-state index contributed by atoms with van der Waals surface area (Å²) in [4.78, 5) is 15.0. The van der Waals surface area contributed by atoms with Crippen LogP contribution in [-0.2, 0) is 11.3 Å². The molecule has 1 aromatic heterocycles. The number of ether oxygens (including phenoxy) is 2. The van der Waals surface area contributed by atoms with E-state index >= 15 is 0 Å². The molecule has 1 N–H and O–H groups in total. The molecule has 6 heteroatoms. The molecular weight excluding hydrogens is 308 g/mol. The van der Waals surface area contributed by atoms with Crippen molar-refractivity contribution in [1.82, 2.24) is 4.90 Å². The van der Waals surface area contributed by atoms with Crippen molar-refractivity contribution in [1.29, 1.82) is 0 Å². The Labute approximate surface area is 141 Å². The molecule has 1 saturated heterocycles. The summed E-state index contributed by atoms with van der Waals surface area (Å²) in [6, 6.07) is 7.26. The minimum atomic E-state index is -0.550. The van der Waals surface area contributed by atoms with Crippen molar-refractivity contribution >= 4 is 11.6 Å². The van der Waals surface area contributed by atoms with E-state index in [9.17, 15) is 4.79 Å². The van der Waals surface area contributed by atoms with E-state index in [0.717, 1.165) is 18.5 Å². The lowest BCUT2D eigenvalue weighted by molar-refractivity contribution is -0.136. The summed E-state index contributed by atoms with van der Waals surface area (Å²) in [5, 5.41) is 2.98. The molecular formula is C18H22N2O4. The van der Waals surface area contributed by atoms with Crippen LogP contribution in [-0.4, -0.2) is 37.1 Å². The van der Waals surface area contributed by atoms with Crippen LogP contribution >= 0.6 is 0 Å². The summed E-state index contributed by atoms with van der Waals surface area (Å²) in [6.45, 7) is 3.53. The van der Waals surface area contributed by atoms with Gasteiger partial charge in [0.1, 0.15) is 11.5 Å². The molecule has 6 nitrogen and oxygen atoms in total. The Morgan fingerprint density at radius 2 is 2.17 bits per heavy atom. The third kappa shape index (κ3) is 2.97. The van der Waals surface area contributed by atoms with Gasteiger partial charge in [0.2, 0.25) is 5.91 Å². The van der Waals surface area contributed by atoms with Crippen LogP contribution in [0, 0.1) is 0 Å². The van der Waals surface area contributed by atoms with Gasteiger partial charge in [-0.25, -0.2) is 0 Å². The standard InChI is InChI=1S/C18H22N2O4/c1-18(7-8-20(18)11-13-6-9-24-12-13)17(21)19-15-10-14(22-2)4-5-16(15)23-3/h4-6,9-10,12H,7-8,11H2,1-3H3,(H,19,21). The number of likely N-dealkylation sites (tertiary alicyclic amines) is 1. The van der Waals surface area contributed by atoms with Gasteiger partial charge < -0.3 is 19.2 Å². The van der Waals surface area contributed by atoms with Gasteiger partial charge in [-0.05, 0) is 31.5 Å². The summed E-state index contributed by atoms with van der Waals surface area (Å²) < 4.78 is 15.7. The monoisotopic (exact) mass is 330 g/mol. The van der Waals surface area contributed by atoms with Gasteiger partial charge in [0, 0.05) is 24.7 Å². The highest BCUT2D eigenvalue weighted by Crippen LogP contribution is 2.35. The van der Waals surface area contributed by atoms with Gasteiger partial charge in [0.15, 0.2) is 0 Å². The second kappa shape index (κ2) is 6.57. The molecule has 0 radical (unpaired) electrons. The molecule has 0 spiro atoms. The Kier molecular flexibility index (Phi) is 4.49. The second-order valence-electron chi connectivity index (χ2n) is 6.10.